The van der Waals surface area contributed by atoms with Gasteiger partial charge in [-0.05, 0) is 31.6 Å². The molecule has 0 radical (unpaired) electrons. The van der Waals surface area contributed by atoms with Crippen molar-refractivity contribution in [2.75, 3.05) is 20.6 Å². The van der Waals surface area contributed by atoms with Crippen LogP contribution in [-0.2, 0) is 6.42 Å². The number of hydrogen-bond donors (Lipinski definition) is 1. The van der Waals surface area contributed by atoms with E-state index in [1.807, 2.05) is 14.1 Å². The number of carbonyl (C=O) groups is 1. The van der Waals surface area contributed by atoms with Gasteiger partial charge in [-0.15, -0.1) is 0 Å². The van der Waals surface area contributed by atoms with E-state index in [2.05, 4.69) is 41.4 Å². The number of hydrogen-bond acceptors (Lipinski definition) is 3. The monoisotopic (exact) mass is 313 g/mol. The number of likely N-dealkylation sites (N-methyl/N-ethyl adjacent to an activating group) is 1. The van der Waals surface area contributed by atoms with Gasteiger partial charge < -0.3 is 15.4 Å². The molecule has 1 heterocycles. The number of nitrogens with one attached hydrogen (secondary N) is 1. The van der Waals surface area contributed by atoms with Crippen LogP contribution in [0.15, 0.2) is 48.8 Å². The first-order chi connectivity index (χ1) is 11.0. The van der Waals surface area contributed by atoms with Crippen LogP contribution in [0.4, 0.5) is 0 Å². The van der Waals surface area contributed by atoms with Crippen molar-refractivity contribution in [1.29, 1.82) is 0 Å². The first kappa shape index (κ1) is 17.0. The summed E-state index contributed by atoms with van der Waals surface area (Å²) in [5, 5.41) is 14.0. The third-order valence-electron chi connectivity index (χ3n) is 3.92. The lowest BCUT2D eigenvalue weighted by Crippen LogP contribution is -2.35. The van der Waals surface area contributed by atoms with E-state index in [9.17, 15) is 10.0 Å². The molecule has 0 spiro atoms. The van der Waals surface area contributed by atoms with E-state index in [0.717, 1.165) is 12.0 Å². The molecule has 0 aliphatic heterocycles. The maximum absolute atomic E-state index is 12.2. The molecule has 0 saturated heterocycles. The molecule has 122 valence electrons. The quantitative estimate of drug-likeness (QED) is 0.655. The van der Waals surface area contributed by atoms with E-state index in [1.165, 1.54) is 30.1 Å². The molecule has 0 fully saturated rings. The van der Waals surface area contributed by atoms with Gasteiger partial charge >= 0.3 is 0 Å². The third-order valence-corrected chi connectivity index (χ3v) is 3.92. The van der Waals surface area contributed by atoms with E-state index in [4.69, 9.17) is 0 Å². The molecule has 23 heavy (non-hydrogen) atoms. The Labute approximate surface area is 137 Å². The van der Waals surface area contributed by atoms with Crippen LogP contribution in [-0.4, -0.2) is 31.4 Å². The minimum absolute atomic E-state index is 0.0954. The third kappa shape index (κ3) is 4.53. The number of nitrogens with zero attached hydrogens (tertiary/aromatic N) is 2. The zero-order valence-electron chi connectivity index (χ0n) is 13.8. The van der Waals surface area contributed by atoms with Crippen molar-refractivity contribution < 1.29 is 9.52 Å². The fourth-order valence-electron chi connectivity index (χ4n) is 2.43. The van der Waals surface area contributed by atoms with E-state index >= 15 is 0 Å². The van der Waals surface area contributed by atoms with Crippen LogP contribution >= 0.6 is 0 Å². The highest BCUT2D eigenvalue weighted by molar-refractivity contribution is 5.93. The molecule has 1 amide bonds. The zero-order chi connectivity index (χ0) is 16.8. The molecule has 0 bridgehead atoms. The first-order valence-corrected chi connectivity index (χ1v) is 7.73. The molecule has 1 N–H and O–H groups in total. The number of pyridine rings is 1. The summed E-state index contributed by atoms with van der Waals surface area (Å²) in [7, 11) is 3.99. The molecule has 1 unspecified atom stereocenters. The molecular weight excluding hydrogens is 290 g/mol. The van der Waals surface area contributed by atoms with Crippen molar-refractivity contribution in [3.8, 4) is 0 Å². The summed E-state index contributed by atoms with van der Waals surface area (Å²) in [5.41, 5.74) is 2.94. The van der Waals surface area contributed by atoms with Crippen LogP contribution in [0, 0.1) is 5.21 Å². The van der Waals surface area contributed by atoms with Gasteiger partial charge in [0.2, 0.25) is 0 Å². The standard InChI is InChI=1S/C18H23N3O2/c1-4-14-5-7-15(8-6-14)17(20(2)3)13-19-18(22)16-9-11-21(23)12-10-16/h5-12,17H,4,13H2,1-3H3,(H,19,22). The summed E-state index contributed by atoms with van der Waals surface area (Å²) in [6.07, 6.45) is 3.65. The molecule has 1 atom stereocenters. The van der Waals surface area contributed by atoms with Crippen molar-refractivity contribution in [2.45, 2.75) is 19.4 Å². The van der Waals surface area contributed by atoms with Crippen molar-refractivity contribution in [3.05, 3.63) is 70.7 Å². The summed E-state index contributed by atoms with van der Waals surface area (Å²) in [6, 6.07) is 11.6. The summed E-state index contributed by atoms with van der Waals surface area (Å²) in [4.78, 5) is 14.3. The number of carbonyl (C=O) groups excluding carboxylic acids is 1. The normalized spacial score (nSPS) is 12.2. The fourth-order valence-corrected chi connectivity index (χ4v) is 2.43. The second kappa shape index (κ2) is 7.74. The minimum Gasteiger partial charge on any atom is -0.619 e. The first-order valence-electron chi connectivity index (χ1n) is 7.73. The van der Waals surface area contributed by atoms with E-state index in [-0.39, 0.29) is 11.9 Å². The van der Waals surface area contributed by atoms with Gasteiger partial charge in [-0.25, -0.2) is 0 Å². The zero-order valence-corrected chi connectivity index (χ0v) is 13.8. The van der Waals surface area contributed by atoms with Gasteiger partial charge in [0.05, 0.1) is 11.6 Å². The van der Waals surface area contributed by atoms with Gasteiger partial charge in [-0.1, -0.05) is 31.2 Å². The Kier molecular flexibility index (Phi) is 5.71. The van der Waals surface area contributed by atoms with Crippen LogP contribution < -0.4 is 10.0 Å². The molecule has 0 aliphatic rings. The Morgan fingerprint density at radius 2 is 1.78 bits per heavy atom. The second-order valence-electron chi connectivity index (χ2n) is 5.73. The van der Waals surface area contributed by atoms with E-state index < -0.39 is 0 Å². The Morgan fingerprint density at radius 1 is 1.17 bits per heavy atom. The molecule has 2 aromatic rings. The summed E-state index contributed by atoms with van der Waals surface area (Å²) >= 11 is 0. The highest BCUT2D eigenvalue weighted by atomic mass is 16.5. The summed E-state index contributed by atoms with van der Waals surface area (Å²) in [5.74, 6) is -0.178. The van der Waals surface area contributed by atoms with Gasteiger partial charge in [-0.2, -0.15) is 4.73 Å². The van der Waals surface area contributed by atoms with Crippen LogP contribution in [0.1, 0.15) is 34.5 Å². The average molecular weight is 313 g/mol. The number of amides is 1. The highest BCUT2D eigenvalue weighted by Gasteiger charge is 2.16. The van der Waals surface area contributed by atoms with Gasteiger partial charge in [0.15, 0.2) is 12.4 Å². The van der Waals surface area contributed by atoms with Crippen molar-refractivity contribution in [2.24, 2.45) is 0 Å². The van der Waals surface area contributed by atoms with Crippen LogP contribution in [0.3, 0.4) is 0 Å². The van der Waals surface area contributed by atoms with Gasteiger partial charge in [0.25, 0.3) is 5.91 Å². The smallest absolute Gasteiger partial charge is 0.251 e. The Bertz CT molecular complexity index is 636. The molecule has 1 aromatic carbocycles. The Balaban J connectivity index is 2.04. The lowest BCUT2D eigenvalue weighted by Gasteiger charge is -2.25. The number of benzene rings is 1. The van der Waals surface area contributed by atoms with Crippen molar-refractivity contribution in [1.82, 2.24) is 10.2 Å². The molecule has 1 aromatic heterocycles. The number of rotatable bonds is 6. The molecule has 0 saturated carbocycles. The number of aryl methyl sites for hydroxylation is 1. The largest absolute Gasteiger partial charge is 0.619 e. The van der Waals surface area contributed by atoms with Crippen LogP contribution in [0.25, 0.3) is 0 Å². The summed E-state index contributed by atoms with van der Waals surface area (Å²) < 4.78 is 0.661. The van der Waals surface area contributed by atoms with E-state index in [0.29, 0.717) is 16.8 Å². The second-order valence-corrected chi connectivity index (χ2v) is 5.73. The summed E-state index contributed by atoms with van der Waals surface area (Å²) in [6.45, 7) is 2.63. The van der Waals surface area contributed by atoms with Crippen LogP contribution in [0.5, 0.6) is 0 Å². The Morgan fingerprint density at radius 3 is 2.30 bits per heavy atom. The topological polar surface area (TPSA) is 59.3 Å². The SMILES string of the molecule is CCc1ccc(C(CNC(=O)c2cc[n+]([O-])cc2)N(C)C)cc1. The highest BCUT2D eigenvalue weighted by Crippen LogP contribution is 2.18. The fraction of sp³-hybridized carbons (Fsp3) is 0.333. The Hall–Kier alpha value is -2.40. The van der Waals surface area contributed by atoms with Gasteiger partial charge in [-0.3, -0.25) is 4.79 Å². The maximum atomic E-state index is 12.2. The lowest BCUT2D eigenvalue weighted by atomic mass is 10.0. The molecule has 5 heteroatoms. The predicted octanol–water partition coefficient (Wildman–Crippen LogP) is 1.92. The predicted molar refractivity (Wildman–Crippen MR) is 90.0 cm³/mol. The van der Waals surface area contributed by atoms with Crippen molar-refractivity contribution >= 4 is 5.91 Å². The number of aromatic nitrogens is 1. The minimum atomic E-state index is -0.178. The van der Waals surface area contributed by atoms with Gasteiger partial charge in [0.1, 0.15) is 0 Å². The molecular formula is C18H23N3O2. The maximum Gasteiger partial charge on any atom is 0.251 e. The molecule has 2 rings (SSSR count). The lowest BCUT2D eigenvalue weighted by molar-refractivity contribution is -0.605. The molecule has 0 aliphatic carbocycles. The van der Waals surface area contributed by atoms with Gasteiger partial charge in [0, 0.05) is 18.7 Å². The average Bonchev–Trinajstić information content (AvgIpc) is 2.55. The van der Waals surface area contributed by atoms with Crippen LogP contribution in [0.2, 0.25) is 0 Å². The molecule has 5 nitrogen and oxygen atoms in total. The van der Waals surface area contributed by atoms with Crippen molar-refractivity contribution in [3.63, 3.8) is 0 Å². The van der Waals surface area contributed by atoms with E-state index in [1.54, 1.807) is 0 Å².